The number of carbonyl (C=O) groups excluding carboxylic acids is 1. The first-order chi connectivity index (χ1) is 14.2. The molecule has 0 saturated carbocycles. The minimum Gasteiger partial charge on any atom is -0.376 e. The normalized spacial score (nSPS) is 19.8. The average molecular weight is 415 g/mol. The SMILES string of the molecule is CC(c1cccc(Cc2ccccc2)c1)c1[nH]nc2c1C(O)(C(F)(F)F)CC(=O)N2. The van der Waals surface area contributed by atoms with Gasteiger partial charge in [0.2, 0.25) is 5.91 Å². The Kier molecular flexibility index (Phi) is 4.89. The Morgan fingerprint density at radius 1 is 1.13 bits per heavy atom. The number of carbonyl (C=O) groups is 1. The zero-order valence-corrected chi connectivity index (χ0v) is 16.1. The van der Waals surface area contributed by atoms with E-state index in [1.165, 1.54) is 0 Å². The number of alkyl halides is 3. The Balaban J connectivity index is 1.71. The number of anilines is 1. The van der Waals surface area contributed by atoms with Gasteiger partial charge < -0.3 is 10.4 Å². The van der Waals surface area contributed by atoms with E-state index in [0.717, 1.165) is 16.7 Å². The first-order valence-corrected chi connectivity index (χ1v) is 9.49. The molecule has 5 nitrogen and oxygen atoms in total. The Labute approximate surface area is 170 Å². The van der Waals surface area contributed by atoms with Crippen molar-refractivity contribution in [2.75, 3.05) is 5.32 Å². The number of aromatic nitrogens is 2. The van der Waals surface area contributed by atoms with Crippen LogP contribution >= 0.6 is 0 Å². The topological polar surface area (TPSA) is 78.0 Å². The van der Waals surface area contributed by atoms with Crippen LogP contribution in [0, 0.1) is 0 Å². The van der Waals surface area contributed by atoms with Crippen LogP contribution in [-0.4, -0.2) is 27.4 Å². The van der Waals surface area contributed by atoms with Gasteiger partial charge in [-0.2, -0.15) is 18.3 Å². The van der Waals surface area contributed by atoms with Gasteiger partial charge >= 0.3 is 6.18 Å². The van der Waals surface area contributed by atoms with E-state index >= 15 is 0 Å². The predicted molar refractivity (Wildman–Crippen MR) is 105 cm³/mol. The van der Waals surface area contributed by atoms with Gasteiger partial charge in [-0.05, 0) is 23.1 Å². The summed E-state index contributed by atoms with van der Waals surface area (Å²) in [6.45, 7) is 1.74. The minimum atomic E-state index is -5.02. The van der Waals surface area contributed by atoms with Crippen LogP contribution in [0.4, 0.5) is 19.0 Å². The quantitative estimate of drug-likeness (QED) is 0.596. The van der Waals surface area contributed by atoms with Crippen LogP contribution in [-0.2, 0) is 16.8 Å². The molecule has 2 heterocycles. The van der Waals surface area contributed by atoms with E-state index in [1.807, 2.05) is 54.6 Å². The third-order valence-corrected chi connectivity index (χ3v) is 5.49. The van der Waals surface area contributed by atoms with Crippen molar-refractivity contribution in [3.8, 4) is 0 Å². The first-order valence-electron chi connectivity index (χ1n) is 9.49. The molecule has 2 aromatic carbocycles. The number of fused-ring (bicyclic) bond motifs is 1. The maximum absolute atomic E-state index is 13.7. The summed E-state index contributed by atoms with van der Waals surface area (Å²) in [7, 11) is 0. The summed E-state index contributed by atoms with van der Waals surface area (Å²) < 4.78 is 41.2. The number of amides is 1. The van der Waals surface area contributed by atoms with Crippen molar-refractivity contribution < 1.29 is 23.1 Å². The molecule has 1 aliphatic rings. The Hall–Kier alpha value is -3.13. The summed E-state index contributed by atoms with van der Waals surface area (Å²) in [4.78, 5) is 11.7. The fraction of sp³-hybridized carbons (Fsp3) is 0.273. The number of hydrogen-bond donors (Lipinski definition) is 3. The van der Waals surface area contributed by atoms with Crippen molar-refractivity contribution in [3.05, 3.63) is 82.5 Å². The van der Waals surface area contributed by atoms with E-state index in [2.05, 4.69) is 15.5 Å². The smallest absolute Gasteiger partial charge is 0.376 e. The highest BCUT2D eigenvalue weighted by Gasteiger charge is 2.60. The van der Waals surface area contributed by atoms with Crippen LogP contribution in [0.25, 0.3) is 0 Å². The number of nitrogens with zero attached hydrogens (tertiary/aromatic N) is 1. The van der Waals surface area contributed by atoms with Crippen LogP contribution in [0.2, 0.25) is 0 Å². The van der Waals surface area contributed by atoms with Crippen LogP contribution < -0.4 is 5.32 Å². The number of halogens is 3. The summed E-state index contributed by atoms with van der Waals surface area (Å²) in [6, 6.07) is 17.4. The molecule has 1 aliphatic heterocycles. The monoisotopic (exact) mass is 415 g/mol. The maximum atomic E-state index is 13.7. The highest BCUT2D eigenvalue weighted by Crippen LogP contribution is 2.49. The van der Waals surface area contributed by atoms with Gasteiger partial charge in [-0.1, -0.05) is 61.5 Å². The molecule has 1 aromatic heterocycles. The molecule has 0 aliphatic carbocycles. The lowest BCUT2D eigenvalue weighted by Gasteiger charge is -2.34. The van der Waals surface area contributed by atoms with E-state index in [9.17, 15) is 23.1 Å². The molecular weight excluding hydrogens is 395 g/mol. The highest BCUT2D eigenvalue weighted by molar-refractivity contribution is 5.94. The zero-order valence-electron chi connectivity index (χ0n) is 16.1. The van der Waals surface area contributed by atoms with Gasteiger partial charge in [0.25, 0.3) is 0 Å². The number of hydrogen-bond acceptors (Lipinski definition) is 3. The number of H-pyrrole nitrogens is 1. The number of aromatic amines is 1. The second-order valence-corrected chi connectivity index (χ2v) is 7.57. The molecule has 1 amide bonds. The second kappa shape index (κ2) is 7.28. The summed E-state index contributed by atoms with van der Waals surface area (Å²) in [5, 5.41) is 19.3. The molecular formula is C22H20F3N3O2. The second-order valence-electron chi connectivity index (χ2n) is 7.57. The fourth-order valence-corrected chi connectivity index (χ4v) is 3.89. The van der Waals surface area contributed by atoms with E-state index in [4.69, 9.17) is 0 Å². The van der Waals surface area contributed by atoms with Gasteiger partial charge in [-0.3, -0.25) is 9.89 Å². The minimum absolute atomic E-state index is 0.127. The van der Waals surface area contributed by atoms with Crippen molar-refractivity contribution in [2.45, 2.75) is 37.5 Å². The van der Waals surface area contributed by atoms with Crippen molar-refractivity contribution in [1.29, 1.82) is 0 Å². The molecule has 0 spiro atoms. The molecule has 0 fully saturated rings. The molecule has 3 aromatic rings. The molecule has 30 heavy (non-hydrogen) atoms. The zero-order chi connectivity index (χ0) is 21.5. The van der Waals surface area contributed by atoms with E-state index < -0.39 is 35.6 Å². The third-order valence-electron chi connectivity index (χ3n) is 5.49. The number of aliphatic hydroxyl groups is 1. The Morgan fingerprint density at radius 3 is 2.53 bits per heavy atom. The summed E-state index contributed by atoms with van der Waals surface area (Å²) in [5.74, 6) is -1.73. The largest absolute Gasteiger partial charge is 0.422 e. The maximum Gasteiger partial charge on any atom is 0.422 e. The molecule has 8 heteroatoms. The van der Waals surface area contributed by atoms with Crippen LogP contribution in [0.3, 0.4) is 0 Å². The Bertz CT molecular complexity index is 1080. The number of nitrogens with one attached hydrogen (secondary N) is 2. The molecule has 0 saturated heterocycles. The summed E-state index contributed by atoms with van der Waals surface area (Å²) in [6.07, 6.45) is -5.44. The van der Waals surface area contributed by atoms with Crippen LogP contribution in [0.1, 0.15) is 47.2 Å². The van der Waals surface area contributed by atoms with E-state index in [1.54, 1.807) is 6.92 Å². The molecule has 0 radical (unpaired) electrons. The van der Waals surface area contributed by atoms with Gasteiger partial charge in [-0.15, -0.1) is 0 Å². The number of benzene rings is 2. The lowest BCUT2D eigenvalue weighted by Crippen LogP contribution is -2.48. The standard InChI is InChI=1S/C22H20F3N3O2/c1-13(16-9-5-8-15(11-16)10-14-6-3-2-4-7-14)19-18-20(28-27-19)26-17(29)12-21(18,30)22(23,24)25/h2-9,11,13,30H,10,12H2,1H3,(H2,26,27,28,29). The van der Waals surface area contributed by atoms with Gasteiger partial charge in [0.05, 0.1) is 17.7 Å². The van der Waals surface area contributed by atoms with Crippen molar-refractivity contribution in [2.24, 2.45) is 0 Å². The van der Waals surface area contributed by atoms with Gasteiger partial charge in [0.15, 0.2) is 11.4 Å². The van der Waals surface area contributed by atoms with Crippen LogP contribution in [0.5, 0.6) is 0 Å². The van der Waals surface area contributed by atoms with Crippen molar-refractivity contribution >= 4 is 11.7 Å². The first kappa shape index (κ1) is 20.2. The van der Waals surface area contributed by atoms with E-state index in [-0.39, 0.29) is 11.5 Å². The number of rotatable bonds is 4. The molecule has 2 unspecified atom stereocenters. The lowest BCUT2D eigenvalue weighted by molar-refractivity contribution is -0.267. The highest BCUT2D eigenvalue weighted by atomic mass is 19.4. The molecule has 2 atom stereocenters. The molecule has 3 N–H and O–H groups in total. The van der Waals surface area contributed by atoms with Crippen LogP contribution in [0.15, 0.2) is 54.6 Å². The molecule has 4 rings (SSSR count). The van der Waals surface area contributed by atoms with Gasteiger partial charge in [0, 0.05) is 5.92 Å². The average Bonchev–Trinajstić information content (AvgIpc) is 3.12. The summed E-state index contributed by atoms with van der Waals surface area (Å²) >= 11 is 0. The predicted octanol–water partition coefficient (Wildman–Crippen LogP) is 4.24. The third kappa shape index (κ3) is 3.47. The van der Waals surface area contributed by atoms with Crippen molar-refractivity contribution in [1.82, 2.24) is 10.2 Å². The fourth-order valence-electron chi connectivity index (χ4n) is 3.89. The van der Waals surface area contributed by atoms with E-state index in [0.29, 0.717) is 6.42 Å². The summed E-state index contributed by atoms with van der Waals surface area (Å²) in [5.41, 5.74) is -0.676. The molecule has 156 valence electrons. The lowest BCUT2D eigenvalue weighted by atomic mass is 9.82. The van der Waals surface area contributed by atoms with Crippen molar-refractivity contribution in [3.63, 3.8) is 0 Å². The van der Waals surface area contributed by atoms with Gasteiger partial charge in [-0.25, -0.2) is 0 Å². The molecule has 0 bridgehead atoms. The van der Waals surface area contributed by atoms with Gasteiger partial charge in [0.1, 0.15) is 0 Å². The Morgan fingerprint density at radius 2 is 1.83 bits per heavy atom.